The molecule has 20 heavy (non-hydrogen) atoms. The number of nitrogens with one attached hydrogen (secondary N) is 2. The van der Waals surface area contributed by atoms with Crippen molar-refractivity contribution in [1.82, 2.24) is 19.9 Å². The minimum absolute atomic E-state index is 1.03. The minimum atomic E-state index is 1.03. The number of aromatic nitrogens is 4. The fourth-order valence-electron chi connectivity index (χ4n) is 2.07. The Morgan fingerprint density at radius 2 is 1.40 bits per heavy atom. The van der Waals surface area contributed by atoms with Gasteiger partial charge in [-0.05, 0) is 49.2 Å². The van der Waals surface area contributed by atoms with Gasteiger partial charge in [0.25, 0.3) is 0 Å². The van der Waals surface area contributed by atoms with Crippen molar-refractivity contribution in [2.75, 3.05) is 0 Å². The Balaban J connectivity index is 0.000000123. The highest BCUT2D eigenvalue weighted by atomic mass is 14.9. The van der Waals surface area contributed by atoms with Crippen LogP contribution in [0.1, 0.15) is 11.1 Å². The SMILES string of the molecule is Cc1cc2nc[nH]c2cc1C.c1ccc2[nH]cnc2c1. The van der Waals surface area contributed by atoms with E-state index in [4.69, 9.17) is 0 Å². The normalized spacial score (nSPS) is 10.5. The highest BCUT2D eigenvalue weighted by Crippen LogP contribution is 2.14. The Kier molecular flexibility index (Phi) is 3.21. The summed E-state index contributed by atoms with van der Waals surface area (Å²) in [5.74, 6) is 0. The first kappa shape index (κ1) is 12.4. The molecular formula is C16H16N4. The molecule has 0 aliphatic carbocycles. The monoisotopic (exact) mass is 264 g/mol. The first-order chi connectivity index (χ1) is 9.74. The first-order valence-corrected chi connectivity index (χ1v) is 6.52. The highest BCUT2D eigenvalue weighted by Gasteiger charge is 1.97. The Morgan fingerprint density at radius 3 is 2.20 bits per heavy atom. The number of imidazole rings is 2. The Hall–Kier alpha value is -2.62. The summed E-state index contributed by atoms with van der Waals surface area (Å²) in [5, 5.41) is 0. The largest absolute Gasteiger partial charge is 0.345 e. The lowest BCUT2D eigenvalue weighted by Crippen LogP contribution is -1.79. The molecule has 4 heteroatoms. The molecule has 0 fully saturated rings. The third-order valence-corrected chi connectivity index (χ3v) is 3.36. The second-order valence-electron chi connectivity index (χ2n) is 4.78. The van der Waals surface area contributed by atoms with Crippen LogP contribution in [0.5, 0.6) is 0 Å². The number of rotatable bonds is 0. The molecule has 0 atom stereocenters. The van der Waals surface area contributed by atoms with Crippen molar-refractivity contribution < 1.29 is 0 Å². The van der Waals surface area contributed by atoms with Crippen LogP contribution in [0.3, 0.4) is 0 Å². The van der Waals surface area contributed by atoms with E-state index in [-0.39, 0.29) is 0 Å². The van der Waals surface area contributed by atoms with Crippen LogP contribution in [0.4, 0.5) is 0 Å². The molecule has 4 nitrogen and oxygen atoms in total. The molecule has 0 unspecified atom stereocenters. The molecule has 0 saturated heterocycles. The number of nitrogens with zero attached hydrogens (tertiary/aromatic N) is 2. The average molecular weight is 264 g/mol. The van der Waals surface area contributed by atoms with E-state index in [1.54, 1.807) is 12.7 Å². The molecule has 0 aliphatic heterocycles. The van der Waals surface area contributed by atoms with E-state index in [1.165, 1.54) is 11.1 Å². The van der Waals surface area contributed by atoms with Crippen LogP contribution in [0.15, 0.2) is 49.1 Å². The molecule has 4 aromatic rings. The first-order valence-electron chi connectivity index (χ1n) is 6.52. The van der Waals surface area contributed by atoms with Gasteiger partial charge in [-0.15, -0.1) is 0 Å². The van der Waals surface area contributed by atoms with E-state index >= 15 is 0 Å². The lowest BCUT2D eigenvalue weighted by Gasteiger charge is -1.97. The van der Waals surface area contributed by atoms with Gasteiger partial charge in [-0.25, -0.2) is 9.97 Å². The number of aromatic amines is 2. The predicted octanol–water partition coefficient (Wildman–Crippen LogP) is 3.74. The number of hydrogen-bond donors (Lipinski definition) is 2. The van der Waals surface area contributed by atoms with Crippen LogP contribution >= 0.6 is 0 Å². The summed E-state index contributed by atoms with van der Waals surface area (Å²) < 4.78 is 0. The van der Waals surface area contributed by atoms with E-state index in [0.717, 1.165) is 22.1 Å². The second kappa shape index (κ2) is 5.17. The summed E-state index contributed by atoms with van der Waals surface area (Å²) in [5.41, 5.74) is 6.89. The van der Waals surface area contributed by atoms with E-state index in [2.05, 4.69) is 45.9 Å². The molecule has 4 rings (SSSR count). The van der Waals surface area contributed by atoms with Crippen molar-refractivity contribution >= 4 is 22.1 Å². The summed E-state index contributed by atoms with van der Waals surface area (Å²) >= 11 is 0. The van der Waals surface area contributed by atoms with Crippen molar-refractivity contribution in [1.29, 1.82) is 0 Å². The predicted molar refractivity (Wildman–Crippen MR) is 81.7 cm³/mol. The summed E-state index contributed by atoms with van der Waals surface area (Å²) in [7, 11) is 0. The standard InChI is InChI=1S/C9H10N2.C7H6N2/c1-6-3-8-9(4-7(6)2)11-5-10-8;1-2-4-7-6(3-1)8-5-9-7/h3-5H,1-2H3,(H,10,11);1-5H,(H,8,9). The molecule has 0 saturated carbocycles. The highest BCUT2D eigenvalue weighted by molar-refractivity contribution is 5.76. The van der Waals surface area contributed by atoms with E-state index in [9.17, 15) is 0 Å². The van der Waals surface area contributed by atoms with Crippen molar-refractivity contribution in [2.24, 2.45) is 0 Å². The molecular weight excluding hydrogens is 248 g/mol. The zero-order valence-electron chi connectivity index (χ0n) is 11.5. The summed E-state index contributed by atoms with van der Waals surface area (Å²) in [4.78, 5) is 14.3. The Bertz CT molecular complexity index is 776. The van der Waals surface area contributed by atoms with E-state index in [1.807, 2.05) is 24.3 Å². The topological polar surface area (TPSA) is 57.4 Å². The Morgan fingerprint density at radius 1 is 0.750 bits per heavy atom. The van der Waals surface area contributed by atoms with Gasteiger partial charge in [0.05, 0.1) is 34.7 Å². The summed E-state index contributed by atoms with van der Waals surface area (Å²) in [6.45, 7) is 4.21. The maximum absolute atomic E-state index is 4.17. The number of hydrogen-bond acceptors (Lipinski definition) is 2. The van der Waals surface area contributed by atoms with E-state index < -0.39 is 0 Å². The van der Waals surface area contributed by atoms with Crippen LogP contribution in [0.2, 0.25) is 0 Å². The zero-order valence-corrected chi connectivity index (χ0v) is 11.5. The Labute approximate surface area is 116 Å². The van der Waals surface area contributed by atoms with Gasteiger partial charge >= 0.3 is 0 Å². The number of benzene rings is 2. The summed E-state index contributed by atoms with van der Waals surface area (Å²) in [6, 6.07) is 12.2. The maximum atomic E-state index is 4.17. The molecule has 0 bridgehead atoms. The fraction of sp³-hybridized carbons (Fsp3) is 0.125. The molecule has 0 radical (unpaired) electrons. The molecule has 2 aromatic heterocycles. The van der Waals surface area contributed by atoms with Crippen LogP contribution in [-0.2, 0) is 0 Å². The fourth-order valence-corrected chi connectivity index (χ4v) is 2.07. The van der Waals surface area contributed by atoms with Crippen molar-refractivity contribution in [3.05, 3.63) is 60.2 Å². The van der Waals surface area contributed by atoms with Crippen molar-refractivity contribution in [3.8, 4) is 0 Å². The average Bonchev–Trinajstić information content (AvgIpc) is 3.08. The van der Waals surface area contributed by atoms with Crippen LogP contribution in [-0.4, -0.2) is 19.9 Å². The van der Waals surface area contributed by atoms with Crippen LogP contribution in [0.25, 0.3) is 22.1 Å². The molecule has 2 aromatic carbocycles. The smallest absolute Gasteiger partial charge is 0.0931 e. The lowest BCUT2D eigenvalue weighted by atomic mass is 10.1. The third kappa shape index (κ3) is 2.40. The molecule has 0 aliphatic rings. The number of fused-ring (bicyclic) bond motifs is 2. The van der Waals surface area contributed by atoms with Gasteiger partial charge in [0.15, 0.2) is 0 Å². The number of para-hydroxylation sites is 2. The van der Waals surface area contributed by atoms with Gasteiger partial charge in [0, 0.05) is 0 Å². The van der Waals surface area contributed by atoms with Gasteiger partial charge in [0.2, 0.25) is 0 Å². The molecule has 2 N–H and O–H groups in total. The number of H-pyrrole nitrogens is 2. The van der Waals surface area contributed by atoms with Gasteiger partial charge < -0.3 is 9.97 Å². The maximum Gasteiger partial charge on any atom is 0.0931 e. The van der Waals surface area contributed by atoms with E-state index in [0.29, 0.717) is 0 Å². The van der Waals surface area contributed by atoms with Crippen LogP contribution < -0.4 is 0 Å². The van der Waals surface area contributed by atoms with Gasteiger partial charge in [-0.2, -0.15) is 0 Å². The minimum Gasteiger partial charge on any atom is -0.345 e. The van der Waals surface area contributed by atoms with Gasteiger partial charge in [-0.1, -0.05) is 12.1 Å². The second-order valence-corrected chi connectivity index (χ2v) is 4.78. The van der Waals surface area contributed by atoms with Crippen LogP contribution in [0, 0.1) is 13.8 Å². The molecule has 2 heterocycles. The third-order valence-electron chi connectivity index (χ3n) is 3.36. The summed E-state index contributed by atoms with van der Waals surface area (Å²) in [6.07, 6.45) is 3.42. The van der Waals surface area contributed by atoms with Crippen molar-refractivity contribution in [3.63, 3.8) is 0 Å². The molecule has 0 spiro atoms. The quantitative estimate of drug-likeness (QED) is 0.508. The van der Waals surface area contributed by atoms with Crippen molar-refractivity contribution in [2.45, 2.75) is 13.8 Å². The van der Waals surface area contributed by atoms with Gasteiger partial charge in [-0.3, -0.25) is 0 Å². The molecule has 0 amide bonds. The molecule has 100 valence electrons. The lowest BCUT2D eigenvalue weighted by molar-refractivity contribution is 1.34. The zero-order chi connectivity index (χ0) is 13.9. The number of aryl methyl sites for hydroxylation is 2. The van der Waals surface area contributed by atoms with Gasteiger partial charge in [0.1, 0.15) is 0 Å².